The van der Waals surface area contributed by atoms with Crippen LogP contribution in [0.15, 0.2) is 18.2 Å². The number of piperazine rings is 1. The van der Waals surface area contributed by atoms with Crippen LogP contribution in [-0.2, 0) is 11.3 Å². The maximum Gasteiger partial charge on any atom is 0.410 e. The summed E-state index contributed by atoms with van der Waals surface area (Å²) in [5, 5.41) is 3.27. The van der Waals surface area contributed by atoms with Gasteiger partial charge in [-0.25, -0.2) is 9.18 Å². The van der Waals surface area contributed by atoms with Gasteiger partial charge in [-0.2, -0.15) is 0 Å². The molecule has 0 aromatic heterocycles. The number of benzene rings is 1. The predicted molar refractivity (Wildman–Crippen MR) is 100 cm³/mol. The maximum absolute atomic E-state index is 14.0. The first-order valence-corrected chi connectivity index (χ1v) is 9.22. The highest BCUT2D eigenvalue weighted by molar-refractivity contribution is 5.85. The molecule has 0 spiro atoms. The van der Waals surface area contributed by atoms with Crippen LogP contribution >= 0.6 is 12.4 Å². The minimum absolute atomic E-state index is 0. The standard InChI is InChI=1S/C19H27FN2O3.ClH/c1-2-16-11-21-8-9-22(16)19(23)25-13-15-10-17(6-7-18(15)20)24-12-14-4-3-5-14;/h6-7,10,14,16,21H,2-5,8-9,11-13H2,1H3;1H/t16-;/m1./s1. The van der Waals surface area contributed by atoms with Crippen LogP contribution in [0.4, 0.5) is 9.18 Å². The van der Waals surface area contributed by atoms with Gasteiger partial charge in [0.05, 0.1) is 6.61 Å². The van der Waals surface area contributed by atoms with E-state index in [2.05, 4.69) is 5.32 Å². The lowest BCUT2D eigenvalue weighted by atomic mass is 9.86. The van der Waals surface area contributed by atoms with Gasteiger partial charge in [-0.05, 0) is 43.4 Å². The molecule has 146 valence electrons. The summed E-state index contributed by atoms with van der Waals surface area (Å²) in [6.07, 6.45) is 4.16. The first-order valence-electron chi connectivity index (χ1n) is 9.22. The maximum atomic E-state index is 14.0. The summed E-state index contributed by atoms with van der Waals surface area (Å²) in [7, 11) is 0. The van der Waals surface area contributed by atoms with Gasteiger partial charge in [0.1, 0.15) is 18.2 Å². The minimum atomic E-state index is -0.381. The number of hydrogen-bond donors (Lipinski definition) is 1. The van der Waals surface area contributed by atoms with Crippen molar-refractivity contribution in [1.29, 1.82) is 0 Å². The van der Waals surface area contributed by atoms with Gasteiger partial charge in [0.25, 0.3) is 0 Å². The van der Waals surface area contributed by atoms with Crippen LogP contribution in [0.25, 0.3) is 0 Å². The third-order valence-corrected chi connectivity index (χ3v) is 5.13. The Morgan fingerprint density at radius 3 is 2.88 bits per heavy atom. The van der Waals surface area contributed by atoms with Crippen LogP contribution in [0.5, 0.6) is 5.75 Å². The molecule has 3 rings (SSSR count). The van der Waals surface area contributed by atoms with E-state index < -0.39 is 0 Å². The third kappa shape index (κ3) is 5.24. The Morgan fingerprint density at radius 2 is 2.19 bits per heavy atom. The third-order valence-electron chi connectivity index (χ3n) is 5.13. The van der Waals surface area contributed by atoms with Gasteiger partial charge in [0.15, 0.2) is 0 Å². The molecule has 1 saturated heterocycles. The molecule has 1 aliphatic heterocycles. The molecule has 1 aromatic carbocycles. The van der Waals surface area contributed by atoms with Gasteiger partial charge in [-0.3, -0.25) is 0 Å². The number of nitrogens with zero attached hydrogens (tertiary/aromatic N) is 1. The lowest BCUT2D eigenvalue weighted by molar-refractivity contribution is 0.0705. The van der Waals surface area contributed by atoms with E-state index in [1.54, 1.807) is 17.0 Å². The fraction of sp³-hybridized carbons (Fsp3) is 0.632. The molecule has 1 amide bonds. The first-order chi connectivity index (χ1) is 12.2. The molecule has 1 N–H and O–H groups in total. The number of nitrogens with one attached hydrogen (secondary N) is 1. The topological polar surface area (TPSA) is 50.8 Å². The molecule has 2 aliphatic rings. The van der Waals surface area contributed by atoms with E-state index in [-0.39, 0.29) is 37.0 Å². The molecule has 7 heteroatoms. The highest BCUT2D eigenvalue weighted by Gasteiger charge is 2.26. The van der Waals surface area contributed by atoms with Crippen LogP contribution < -0.4 is 10.1 Å². The fourth-order valence-electron chi connectivity index (χ4n) is 3.21. The monoisotopic (exact) mass is 386 g/mol. The van der Waals surface area contributed by atoms with Crippen LogP contribution in [0.2, 0.25) is 0 Å². The van der Waals surface area contributed by atoms with Crippen molar-refractivity contribution in [2.75, 3.05) is 26.2 Å². The van der Waals surface area contributed by atoms with Crippen molar-refractivity contribution in [2.24, 2.45) is 5.92 Å². The Balaban J connectivity index is 0.00000243. The molecule has 0 unspecified atom stereocenters. The molecule has 1 saturated carbocycles. The van der Waals surface area contributed by atoms with Crippen molar-refractivity contribution in [3.8, 4) is 5.75 Å². The van der Waals surface area contributed by atoms with Gasteiger partial charge in [-0.1, -0.05) is 13.3 Å². The lowest BCUT2D eigenvalue weighted by Gasteiger charge is -2.34. The van der Waals surface area contributed by atoms with Crippen LogP contribution in [0.1, 0.15) is 38.2 Å². The van der Waals surface area contributed by atoms with E-state index in [4.69, 9.17) is 9.47 Å². The van der Waals surface area contributed by atoms with Crippen molar-refractivity contribution in [1.82, 2.24) is 10.2 Å². The van der Waals surface area contributed by atoms with Crippen LogP contribution in [0, 0.1) is 11.7 Å². The number of rotatable bonds is 6. The minimum Gasteiger partial charge on any atom is -0.493 e. The van der Waals surface area contributed by atoms with E-state index in [0.29, 0.717) is 30.4 Å². The number of halogens is 2. The second-order valence-electron chi connectivity index (χ2n) is 6.88. The highest BCUT2D eigenvalue weighted by Crippen LogP contribution is 2.27. The Labute approximate surface area is 160 Å². The van der Waals surface area contributed by atoms with Gasteiger partial charge in [-0.15, -0.1) is 12.4 Å². The molecule has 1 heterocycles. The summed E-state index contributed by atoms with van der Waals surface area (Å²) in [5.41, 5.74) is 0.350. The van der Waals surface area contributed by atoms with E-state index in [1.165, 1.54) is 25.3 Å². The van der Waals surface area contributed by atoms with E-state index in [9.17, 15) is 9.18 Å². The molecule has 0 radical (unpaired) electrons. The SMILES string of the molecule is CC[C@@H]1CNCCN1C(=O)OCc1cc(OCC2CCC2)ccc1F.Cl. The van der Waals surface area contributed by atoms with Gasteiger partial charge in [0.2, 0.25) is 0 Å². The Morgan fingerprint density at radius 1 is 1.38 bits per heavy atom. The van der Waals surface area contributed by atoms with Crippen molar-refractivity contribution in [3.63, 3.8) is 0 Å². The van der Waals surface area contributed by atoms with Gasteiger partial charge >= 0.3 is 6.09 Å². The molecule has 5 nitrogen and oxygen atoms in total. The molecule has 2 fully saturated rings. The number of amides is 1. The normalized spacial score (nSPS) is 20.1. The van der Waals surface area contributed by atoms with Crippen molar-refractivity contribution < 1.29 is 18.7 Å². The van der Waals surface area contributed by atoms with Gasteiger partial charge < -0.3 is 19.7 Å². The van der Waals surface area contributed by atoms with E-state index >= 15 is 0 Å². The second kappa shape index (κ2) is 9.97. The summed E-state index contributed by atoms with van der Waals surface area (Å²) in [6, 6.07) is 4.76. The van der Waals surface area contributed by atoms with Gasteiger partial charge in [0, 0.05) is 31.2 Å². The Bertz CT molecular complexity index is 598. The smallest absolute Gasteiger partial charge is 0.410 e. The molecule has 0 bridgehead atoms. The van der Waals surface area contributed by atoms with Crippen LogP contribution in [0.3, 0.4) is 0 Å². The zero-order valence-electron chi connectivity index (χ0n) is 15.2. The van der Waals surface area contributed by atoms with Crippen LogP contribution in [-0.4, -0.2) is 43.3 Å². The highest BCUT2D eigenvalue weighted by atomic mass is 35.5. The average molecular weight is 387 g/mol. The average Bonchev–Trinajstić information content (AvgIpc) is 2.60. The predicted octanol–water partition coefficient (Wildman–Crippen LogP) is 3.75. The Hall–Kier alpha value is -1.53. The summed E-state index contributed by atoms with van der Waals surface area (Å²) in [4.78, 5) is 14.0. The molecule has 1 atom stereocenters. The second-order valence-corrected chi connectivity index (χ2v) is 6.88. The fourth-order valence-corrected chi connectivity index (χ4v) is 3.21. The number of carbonyl (C=O) groups excluding carboxylic acids is 1. The molecule has 1 aliphatic carbocycles. The summed E-state index contributed by atoms with van der Waals surface area (Å²) in [5.74, 6) is 0.870. The Kier molecular flexibility index (Phi) is 7.97. The number of ether oxygens (including phenoxy) is 2. The zero-order chi connectivity index (χ0) is 17.6. The van der Waals surface area contributed by atoms with Crippen molar-refractivity contribution >= 4 is 18.5 Å². The van der Waals surface area contributed by atoms with Crippen molar-refractivity contribution in [2.45, 2.75) is 45.3 Å². The summed E-state index contributed by atoms with van der Waals surface area (Å²) < 4.78 is 25.1. The number of hydrogen-bond acceptors (Lipinski definition) is 4. The van der Waals surface area contributed by atoms with Crippen molar-refractivity contribution in [3.05, 3.63) is 29.6 Å². The largest absolute Gasteiger partial charge is 0.493 e. The quantitative estimate of drug-likeness (QED) is 0.809. The summed E-state index contributed by atoms with van der Waals surface area (Å²) >= 11 is 0. The lowest BCUT2D eigenvalue weighted by Crippen LogP contribution is -2.53. The number of carbonyl (C=O) groups is 1. The molecule has 26 heavy (non-hydrogen) atoms. The summed E-state index contributed by atoms with van der Waals surface area (Å²) in [6.45, 7) is 4.77. The van der Waals surface area contributed by atoms with E-state index in [1.807, 2.05) is 6.92 Å². The zero-order valence-corrected chi connectivity index (χ0v) is 16.0. The van der Waals surface area contributed by atoms with E-state index in [0.717, 1.165) is 19.5 Å². The molecular formula is C19H28ClFN2O3. The molecular weight excluding hydrogens is 359 g/mol. The first kappa shape index (κ1) is 20.8. The molecule has 1 aromatic rings.